The first kappa shape index (κ1) is 18.3. The molecular weight excluding hydrogens is 342 g/mol. The Bertz CT molecular complexity index is 974. The van der Waals surface area contributed by atoms with Gasteiger partial charge in [-0.25, -0.2) is 9.97 Å². The van der Waals surface area contributed by atoms with Crippen LogP contribution in [0.3, 0.4) is 0 Å². The summed E-state index contributed by atoms with van der Waals surface area (Å²) in [5.74, 6) is 0.435. The van der Waals surface area contributed by atoms with E-state index in [0.29, 0.717) is 6.54 Å². The molecule has 0 aliphatic carbocycles. The molecule has 0 fully saturated rings. The van der Waals surface area contributed by atoms with Gasteiger partial charge in [-0.1, -0.05) is 30.3 Å². The molecule has 1 heterocycles. The fraction of sp³-hybridized carbons (Fsp3) is 0.200. The second kappa shape index (κ2) is 7.82. The molecule has 27 heavy (non-hydrogen) atoms. The van der Waals surface area contributed by atoms with E-state index in [1.807, 2.05) is 74.2 Å². The van der Waals surface area contributed by atoms with Crippen molar-refractivity contribution in [1.82, 2.24) is 9.97 Å². The van der Waals surface area contributed by atoms with E-state index < -0.39 is 4.92 Å². The molecule has 7 nitrogen and oxygen atoms in total. The molecule has 0 radical (unpaired) electrons. The minimum absolute atomic E-state index is 0.149. The van der Waals surface area contributed by atoms with E-state index in [-0.39, 0.29) is 17.3 Å². The lowest BCUT2D eigenvalue weighted by atomic mass is 10.2. The molecule has 0 aliphatic rings. The number of nitro groups is 1. The zero-order valence-electron chi connectivity index (χ0n) is 15.5. The van der Waals surface area contributed by atoms with E-state index in [2.05, 4.69) is 15.3 Å². The van der Waals surface area contributed by atoms with Crippen LogP contribution in [0.1, 0.15) is 18.1 Å². The Hall–Kier alpha value is -3.48. The quantitative estimate of drug-likeness (QED) is 0.495. The van der Waals surface area contributed by atoms with Crippen molar-refractivity contribution in [2.75, 3.05) is 16.8 Å². The number of aromatic nitrogens is 2. The van der Waals surface area contributed by atoms with Gasteiger partial charge in [0, 0.05) is 17.9 Å². The highest BCUT2D eigenvalue weighted by atomic mass is 16.6. The van der Waals surface area contributed by atoms with Crippen molar-refractivity contribution in [3.63, 3.8) is 0 Å². The molecule has 0 saturated carbocycles. The molecule has 3 aromatic rings. The largest absolute Gasteiger partial charge is 0.354 e. The highest BCUT2D eigenvalue weighted by Crippen LogP contribution is 2.37. The zero-order chi connectivity index (χ0) is 19.4. The van der Waals surface area contributed by atoms with E-state index in [1.54, 1.807) is 0 Å². The molecule has 3 rings (SSSR count). The molecule has 0 unspecified atom stereocenters. The summed E-state index contributed by atoms with van der Waals surface area (Å²) in [6, 6.07) is 15.4. The second-order valence-corrected chi connectivity index (χ2v) is 6.17. The van der Waals surface area contributed by atoms with Crippen molar-refractivity contribution in [2.45, 2.75) is 20.8 Å². The maximum atomic E-state index is 11.9. The van der Waals surface area contributed by atoms with Crippen molar-refractivity contribution in [1.29, 1.82) is 0 Å². The van der Waals surface area contributed by atoms with Crippen LogP contribution in [-0.2, 0) is 0 Å². The predicted molar refractivity (Wildman–Crippen MR) is 107 cm³/mol. The number of nitrogens with zero attached hydrogens (tertiary/aromatic N) is 4. The molecular formula is C20H21N5O2. The third-order valence-electron chi connectivity index (χ3n) is 4.27. The Morgan fingerprint density at radius 2 is 1.89 bits per heavy atom. The maximum Gasteiger partial charge on any atom is 0.354 e. The fourth-order valence-corrected chi connectivity index (χ4v) is 2.92. The summed E-state index contributed by atoms with van der Waals surface area (Å²) in [6.45, 7) is 6.38. The zero-order valence-corrected chi connectivity index (χ0v) is 15.5. The first-order chi connectivity index (χ1) is 13.0. The summed E-state index contributed by atoms with van der Waals surface area (Å²) in [6.07, 6.45) is 1.35. The first-order valence-electron chi connectivity index (χ1n) is 8.67. The minimum atomic E-state index is -0.436. The number of rotatable bonds is 6. The number of hydrogen-bond acceptors (Lipinski definition) is 6. The average molecular weight is 363 g/mol. The lowest BCUT2D eigenvalue weighted by molar-refractivity contribution is -0.383. The summed E-state index contributed by atoms with van der Waals surface area (Å²) < 4.78 is 0. The highest BCUT2D eigenvalue weighted by Gasteiger charge is 2.27. The maximum absolute atomic E-state index is 11.9. The summed E-state index contributed by atoms with van der Waals surface area (Å²) in [5, 5.41) is 15.0. The highest BCUT2D eigenvalue weighted by molar-refractivity contribution is 5.78. The number of anilines is 4. The van der Waals surface area contributed by atoms with Gasteiger partial charge in [0.1, 0.15) is 6.33 Å². The Kier molecular flexibility index (Phi) is 5.30. The van der Waals surface area contributed by atoms with Crippen LogP contribution < -0.4 is 10.2 Å². The molecule has 2 aromatic carbocycles. The van der Waals surface area contributed by atoms with Gasteiger partial charge in [0.05, 0.1) is 4.92 Å². The molecule has 0 aliphatic heterocycles. The summed E-state index contributed by atoms with van der Waals surface area (Å²) in [4.78, 5) is 21.6. The predicted octanol–water partition coefficient (Wildman–Crippen LogP) is 4.90. The van der Waals surface area contributed by atoms with Gasteiger partial charge < -0.3 is 10.2 Å². The summed E-state index contributed by atoms with van der Waals surface area (Å²) >= 11 is 0. The van der Waals surface area contributed by atoms with Gasteiger partial charge in [0.15, 0.2) is 0 Å². The van der Waals surface area contributed by atoms with Crippen LogP contribution in [0.15, 0.2) is 54.9 Å². The van der Waals surface area contributed by atoms with Crippen molar-refractivity contribution in [3.8, 4) is 0 Å². The van der Waals surface area contributed by atoms with Crippen LogP contribution in [0, 0.1) is 24.0 Å². The van der Waals surface area contributed by atoms with Gasteiger partial charge >= 0.3 is 5.69 Å². The standard InChI is InChI=1S/C20H21N5O2/c1-4-24(16-10-7-8-14(2)12-16)20-18(25(26)27)19(21-13-22-20)23-17-11-6-5-9-15(17)3/h5-13H,4H2,1-3H3,(H,21,22,23). The second-order valence-electron chi connectivity index (χ2n) is 6.17. The molecule has 1 aromatic heterocycles. The van der Waals surface area contributed by atoms with Crippen LogP contribution >= 0.6 is 0 Å². The van der Waals surface area contributed by atoms with E-state index in [4.69, 9.17) is 0 Å². The molecule has 138 valence electrons. The fourth-order valence-electron chi connectivity index (χ4n) is 2.92. The Morgan fingerprint density at radius 3 is 2.56 bits per heavy atom. The molecule has 0 atom stereocenters. The van der Waals surface area contributed by atoms with Crippen LogP contribution in [0.25, 0.3) is 0 Å². The monoisotopic (exact) mass is 363 g/mol. The van der Waals surface area contributed by atoms with E-state index in [9.17, 15) is 10.1 Å². The summed E-state index contributed by atoms with van der Waals surface area (Å²) in [5.41, 5.74) is 3.51. The Morgan fingerprint density at radius 1 is 1.11 bits per heavy atom. The molecule has 0 amide bonds. The molecule has 0 bridgehead atoms. The smallest absolute Gasteiger partial charge is 0.334 e. The van der Waals surface area contributed by atoms with Crippen LogP contribution in [0.5, 0.6) is 0 Å². The molecule has 1 N–H and O–H groups in total. The normalized spacial score (nSPS) is 10.5. The van der Waals surface area contributed by atoms with Crippen LogP contribution in [0.4, 0.5) is 28.7 Å². The topological polar surface area (TPSA) is 84.2 Å². The first-order valence-corrected chi connectivity index (χ1v) is 8.67. The van der Waals surface area contributed by atoms with Crippen molar-refractivity contribution in [3.05, 3.63) is 76.1 Å². The Balaban J connectivity index is 2.10. The molecule has 7 heteroatoms. The van der Waals surface area contributed by atoms with Gasteiger partial charge in [-0.3, -0.25) is 10.1 Å². The number of para-hydroxylation sites is 1. The van der Waals surface area contributed by atoms with Gasteiger partial charge in [-0.05, 0) is 50.1 Å². The van der Waals surface area contributed by atoms with Crippen LogP contribution in [0.2, 0.25) is 0 Å². The van der Waals surface area contributed by atoms with Crippen molar-refractivity contribution in [2.24, 2.45) is 0 Å². The Labute approximate surface area is 157 Å². The number of hydrogen-bond donors (Lipinski definition) is 1. The van der Waals surface area contributed by atoms with Crippen LogP contribution in [-0.4, -0.2) is 21.4 Å². The van der Waals surface area contributed by atoms with Gasteiger partial charge in [0.25, 0.3) is 0 Å². The number of nitrogens with one attached hydrogen (secondary N) is 1. The minimum Gasteiger partial charge on any atom is -0.334 e. The van der Waals surface area contributed by atoms with Gasteiger partial charge in [-0.15, -0.1) is 0 Å². The van der Waals surface area contributed by atoms with Gasteiger partial charge in [-0.2, -0.15) is 0 Å². The van der Waals surface area contributed by atoms with Crippen molar-refractivity contribution < 1.29 is 4.92 Å². The van der Waals surface area contributed by atoms with Gasteiger partial charge in [0.2, 0.25) is 11.6 Å². The third-order valence-corrected chi connectivity index (χ3v) is 4.27. The number of aryl methyl sites for hydroxylation is 2. The lowest BCUT2D eigenvalue weighted by Crippen LogP contribution is -2.20. The lowest BCUT2D eigenvalue weighted by Gasteiger charge is -2.22. The number of benzene rings is 2. The van der Waals surface area contributed by atoms with E-state index in [1.165, 1.54) is 6.33 Å². The SMILES string of the molecule is CCN(c1cccc(C)c1)c1ncnc(Nc2ccccc2C)c1[N+](=O)[O-]. The average Bonchev–Trinajstić information content (AvgIpc) is 2.64. The molecule has 0 spiro atoms. The van der Waals surface area contributed by atoms with E-state index >= 15 is 0 Å². The molecule has 0 saturated heterocycles. The summed E-state index contributed by atoms with van der Waals surface area (Å²) in [7, 11) is 0. The van der Waals surface area contributed by atoms with Crippen molar-refractivity contribution >= 4 is 28.7 Å². The third kappa shape index (κ3) is 3.87. The van der Waals surface area contributed by atoms with E-state index in [0.717, 1.165) is 22.5 Å².